The van der Waals surface area contributed by atoms with Gasteiger partial charge in [-0.25, -0.2) is 0 Å². The van der Waals surface area contributed by atoms with E-state index in [1.807, 2.05) is 13.8 Å². The molecule has 23 heavy (non-hydrogen) atoms. The molecule has 0 unspecified atom stereocenters. The van der Waals surface area contributed by atoms with Gasteiger partial charge in [0.1, 0.15) is 0 Å². The second-order valence-corrected chi connectivity index (χ2v) is 6.63. The molecule has 0 aromatic heterocycles. The van der Waals surface area contributed by atoms with Gasteiger partial charge in [0.15, 0.2) is 0 Å². The van der Waals surface area contributed by atoms with Crippen molar-refractivity contribution in [3.05, 3.63) is 34.9 Å². The first-order chi connectivity index (χ1) is 11.0. The molecule has 5 heteroatoms. The molecular formula is C18H24N2O3. The van der Waals surface area contributed by atoms with E-state index >= 15 is 0 Å². The van der Waals surface area contributed by atoms with Crippen molar-refractivity contribution in [3.63, 3.8) is 0 Å². The van der Waals surface area contributed by atoms with Crippen LogP contribution in [0, 0.1) is 13.8 Å². The van der Waals surface area contributed by atoms with Gasteiger partial charge in [-0.2, -0.15) is 0 Å². The summed E-state index contributed by atoms with van der Waals surface area (Å²) in [5, 5.41) is 2.85. The Morgan fingerprint density at radius 3 is 2.30 bits per heavy atom. The smallest absolute Gasteiger partial charge is 0.242 e. The van der Waals surface area contributed by atoms with Crippen LogP contribution in [0.4, 0.5) is 0 Å². The Morgan fingerprint density at radius 2 is 1.74 bits per heavy atom. The van der Waals surface area contributed by atoms with Crippen LogP contribution in [0.5, 0.6) is 0 Å². The molecule has 5 nitrogen and oxygen atoms in total. The number of amides is 2. The molecular weight excluding hydrogens is 292 g/mol. The summed E-state index contributed by atoms with van der Waals surface area (Å²) in [5.41, 5.74) is 2.99. The van der Waals surface area contributed by atoms with Crippen molar-refractivity contribution in [1.82, 2.24) is 10.2 Å². The van der Waals surface area contributed by atoms with Gasteiger partial charge in [-0.15, -0.1) is 0 Å². The summed E-state index contributed by atoms with van der Waals surface area (Å²) in [6.07, 6.45) is 1.71. The summed E-state index contributed by atoms with van der Waals surface area (Å²) in [7, 11) is 0. The van der Waals surface area contributed by atoms with Crippen molar-refractivity contribution >= 4 is 11.8 Å². The van der Waals surface area contributed by atoms with Crippen molar-refractivity contribution in [3.8, 4) is 0 Å². The summed E-state index contributed by atoms with van der Waals surface area (Å²) >= 11 is 0. The van der Waals surface area contributed by atoms with E-state index in [-0.39, 0.29) is 18.4 Å². The molecule has 2 fully saturated rings. The van der Waals surface area contributed by atoms with Crippen molar-refractivity contribution < 1.29 is 14.3 Å². The van der Waals surface area contributed by atoms with E-state index in [4.69, 9.17) is 4.74 Å². The highest BCUT2D eigenvalue weighted by atomic mass is 16.5. The van der Waals surface area contributed by atoms with E-state index in [1.54, 1.807) is 4.90 Å². The third-order valence-corrected chi connectivity index (χ3v) is 4.72. The Bertz CT molecular complexity index is 596. The van der Waals surface area contributed by atoms with Crippen LogP contribution in [0.2, 0.25) is 0 Å². The second-order valence-electron chi connectivity index (χ2n) is 6.63. The second kappa shape index (κ2) is 6.32. The molecule has 1 aromatic rings. The van der Waals surface area contributed by atoms with Crippen molar-refractivity contribution in [2.75, 3.05) is 32.8 Å². The predicted molar refractivity (Wildman–Crippen MR) is 87.2 cm³/mol. The first kappa shape index (κ1) is 16.0. The lowest BCUT2D eigenvalue weighted by molar-refractivity contribution is -0.136. The van der Waals surface area contributed by atoms with Crippen molar-refractivity contribution in [2.24, 2.45) is 0 Å². The standard InChI is InChI=1S/C18H24N2O3/c1-13-9-14(2)11-15(10-13)18(3-4-18)17(22)19-12-16(21)20-5-7-23-8-6-20/h9-11H,3-8,12H2,1-2H3,(H,19,22). The van der Waals surface area contributed by atoms with Crippen LogP contribution >= 0.6 is 0 Å². The van der Waals surface area contributed by atoms with Crippen LogP contribution in [0.25, 0.3) is 0 Å². The number of ether oxygens (including phenoxy) is 1. The monoisotopic (exact) mass is 316 g/mol. The van der Waals surface area contributed by atoms with Gasteiger partial charge < -0.3 is 15.0 Å². The van der Waals surface area contributed by atoms with E-state index in [0.717, 1.165) is 18.4 Å². The topological polar surface area (TPSA) is 58.6 Å². The number of morpholine rings is 1. The SMILES string of the molecule is Cc1cc(C)cc(C2(C(=O)NCC(=O)N3CCOCC3)CC2)c1. The van der Waals surface area contributed by atoms with Crippen LogP contribution in [0.15, 0.2) is 18.2 Å². The number of nitrogens with zero attached hydrogens (tertiary/aromatic N) is 1. The quantitative estimate of drug-likeness (QED) is 0.911. The lowest BCUT2D eigenvalue weighted by Crippen LogP contribution is -2.47. The predicted octanol–water partition coefficient (Wildman–Crippen LogP) is 1.31. The minimum absolute atomic E-state index is 0.0240. The normalized spacial score (nSPS) is 19.3. The highest BCUT2D eigenvalue weighted by molar-refractivity contribution is 5.94. The highest BCUT2D eigenvalue weighted by Crippen LogP contribution is 2.48. The summed E-state index contributed by atoms with van der Waals surface area (Å²) in [6, 6.07) is 6.28. The zero-order valence-electron chi connectivity index (χ0n) is 13.9. The summed E-state index contributed by atoms with van der Waals surface area (Å²) in [6.45, 7) is 6.54. The third kappa shape index (κ3) is 3.39. The number of hydrogen-bond acceptors (Lipinski definition) is 3. The molecule has 3 rings (SSSR count). The fraction of sp³-hybridized carbons (Fsp3) is 0.556. The van der Waals surface area contributed by atoms with Gasteiger partial charge in [-0.05, 0) is 32.3 Å². The number of benzene rings is 1. The van der Waals surface area contributed by atoms with Crippen LogP contribution in [-0.4, -0.2) is 49.6 Å². The number of carbonyl (C=O) groups excluding carboxylic acids is 2. The van der Waals surface area contributed by atoms with Crippen LogP contribution in [0.1, 0.15) is 29.5 Å². The molecule has 0 atom stereocenters. The molecule has 1 saturated heterocycles. The van der Waals surface area contributed by atoms with Crippen LogP contribution in [0.3, 0.4) is 0 Å². The maximum Gasteiger partial charge on any atom is 0.242 e. The lowest BCUT2D eigenvalue weighted by Gasteiger charge is -2.27. The number of nitrogens with one attached hydrogen (secondary N) is 1. The first-order valence-electron chi connectivity index (χ1n) is 8.24. The first-order valence-corrected chi connectivity index (χ1v) is 8.24. The molecule has 0 bridgehead atoms. The minimum atomic E-state index is -0.429. The molecule has 1 saturated carbocycles. The molecule has 1 aromatic carbocycles. The van der Waals surface area contributed by atoms with Crippen molar-refractivity contribution in [1.29, 1.82) is 0 Å². The van der Waals surface area contributed by atoms with Crippen LogP contribution in [-0.2, 0) is 19.7 Å². The fourth-order valence-electron chi connectivity index (χ4n) is 3.27. The Hall–Kier alpha value is -1.88. The van der Waals surface area contributed by atoms with Gasteiger partial charge >= 0.3 is 0 Å². The van der Waals surface area contributed by atoms with Crippen LogP contribution < -0.4 is 5.32 Å². The Morgan fingerprint density at radius 1 is 1.13 bits per heavy atom. The average molecular weight is 316 g/mol. The Kier molecular flexibility index (Phi) is 4.39. The number of rotatable bonds is 4. The number of hydrogen-bond donors (Lipinski definition) is 1. The minimum Gasteiger partial charge on any atom is -0.378 e. The molecule has 1 aliphatic heterocycles. The molecule has 1 heterocycles. The molecule has 0 radical (unpaired) electrons. The molecule has 0 spiro atoms. The van der Waals surface area contributed by atoms with E-state index in [0.29, 0.717) is 26.3 Å². The molecule has 2 amide bonds. The van der Waals surface area contributed by atoms with Gasteiger partial charge in [-0.3, -0.25) is 9.59 Å². The Balaban J connectivity index is 1.62. The van der Waals surface area contributed by atoms with E-state index in [2.05, 4.69) is 23.5 Å². The molecule has 2 aliphatic rings. The maximum absolute atomic E-state index is 12.6. The van der Waals surface area contributed by atoms with Gasteiger partial charge in [-0.1, -0.05) is 29.3 Å². The van der Waals surface area contributed by atoms with Crippen molar-refractivity contribution in [2.45, 2.75) is 32.1 Å². The summed E-state index contributed by atoms with van der Waals surface area (Å²) in [5.74, 6) is -0.0537. The molecule has 1 aliphatic carbocycles. The van der Waals surface area contributed by atoms with Gasteiger partial charge in [0, 0.05) is 13.1 Å². The largest absolute Gasteiger partial charge is 0.378 e. The highest BCUT2D eigenvalue weighted by Gasteiger charge is 2.51. The molecule has 1 N–H and O–H groups in total. The zero-order valence-corrected chi connectivity index (χ0v) is 13.9. The lowest BCUT2D eigenvalue weighted by atomic mass is 9.92. The fourth-order valence-corrected chi connectivity index (χ4v) is 3.27. The van der Waals surface area contributed by atoms with Gasteiger partial charge in [0.2, 0.25) is 11.8 Å². The summed E-state index contributed by atoms with van der Waals surface area (Å²) in [4.78, 5) is 26.5. The van der Waals surface area contributed by atoms with Gasteiger partial charge in [0.05, 0.1) is 25.2 Å². The third-order valence-electron chi connectivity index (χ3n) is 4.72. The average Bonchev–Trinajstić information content (AvgIpc) is 3.34. The summed E-state index contributed by atoms with van der Waals surface area (Å²) < 4.78 is 5.24. The maximum atomic E-state index is 12.6. The number of aryl methyl sites for hydroxylation is 2. The van der Waals surface area contributed by atoms with E-state index in [9.17, 15) is 9.59 Å². The molecule has 124 valence electrons. The number of carbonyl (C=O) groups is 2. The Labute approximate surface area is 137 Å². The zero-order chi connectivity index (χ0) is 16.4. The van der Waals surface area contributed by atoms with E-state index in [1.165, 1.54) is 11.1 Å². The van der Waals surface area contributed by atoms with Gasteiger partial charge in [0.25, 0.3) is 0 Å². The van der Waals surface area contributed by atoms with E-state index < -0.39 is 5.41 Å².